The van der Waals surface area contributed by atoms with Crippen molar-refractivity contribution in [1.29, 1.82) is 0 Å². The Labute approximate surface area is 130 Å². The lowest BCUT2D eigenvalue weighted by Gasteiger charge is -2.11. The van der Waals surface area contributed by atoms with E-state index in [9.17, 15) is 4.79 Å². The lowest BCUT2D eigenvalue weighted by Crippen LogP contribution is -2.09. The van der Waals surface area contributed by atoms with Gasteiger partial charge in [0.05, 0.1) is 5.56 Å². The zero-order valence-electron chi connectivity index (χ0n) is 12.8. The van der Waals surface area contributed by atoms with E-state index in [1.807, 2.05) is 18.2 Å². The van der Waals surface area contributed by atoms with E-state index in [-0.39, 0.29) is 5.56 Å². The molecule has 2 aromatic rings. The summed E-state index contributed by atoms with van der Waals surface area (Å²) in [6, 6.07) is 14.4. The zero-order valence-corrected chi connectivity index (χ0v) is 12.8. The minimum absolute atomic E-state index is 0.211. The van der Waals surface area contributed by atoms with Crippen molar-refractivity contribution in [1.82, 2.24) is 0 Å². The molecule has 0 spiro atoms. The third-order valence-electron chi connectivity index (χ3n) is 3.23. The number of benzene rings is 2. The van der Waals surface area contributed by atoms with Crippen LogP contribution in [-0.4, -0.2) is 24.3 Å². The van der Waals surface area contributed by atoms with Crippen molar-refractivity contribution >= 4 is 5.97 Å². The number of hydrogen-bond donors (Lipinski definition) is 1. The van der Waals surface area contributed by atoms with Gasteiger partial charge >= 0.3 is 5.97 Å². The van der Waals surface area contributed by atoms with Crippen molar-refractivity contribution in [2.45, 2.75) is 19.8 Å². The van der Waals surface area contributed by atoms with Crippen LogP contribution in [0.15, 0.2) is 48.5 Å². The Morgan fingerprint density at radius 2 is 1.59 bits per heavy atom. The molecule has 22 heavy (non-hydrogen) atoms. The number of aromatic carboxylic acids is 1. The van der Waals surface area contributed by atoms with Crippen molar-refractivity contribution in [3.8, 4) is 11.5 Å². The second-order valence-electron chi connectivity index (χ2n) is 5.26. The molecule has 0 radical (unpaired) electrons. The molecule has 1 N–H and O–H groups in total. The second kappa shape index (κ2) is 7.50. The van der Waals surface area contributed by atoms with Gasteiger partial charge in [-0.1, -0.05) is 32.0 Å². The van der Waals surface area contributed by atoms with Gasteiger partial charge in [0.2, 0.25) is 0 Å². The van der Waals surface area contributed by atoms with E-state index in [0.29, 0.717) is 24.9 Å². The predicted octanol–water partition coefficient (Wildman–Crippen LogP) is 3.97. The Bertz CT molecular complexity index is 634. The second-order valence-corrected chi connectivity index (χ2v) is 5.26. The first-order chi connectivity index (χ1) is 10.6. The van der Waals surface area contributed by atoms with Gasteiger partial charge in [0.25, 0.3) is 0 Å². The SMILES string of the molecule is CC(C)c1cccc(OCCOc2cccc(C(=O)O)c2)c1. The highest BCUT2D eigenvalue weighted by atomic mass is 16.5. The molecule has 4 nitrogen and oxygen atoms in total. The van der Waals surface area contributed by atoms with E-state index in [4.69, 9.17) is 14.6 Å². The lowest BCUT2D eigenvalue weighted by molar-refractivity contribution is 0.0696. The molecule has 2 rings (SSSR count). The Morgan fingerprint density at radius 3 is 2.18 bits per heavy atom. The van der Waals surface area contributed by atoms with Gasteiger partial charge in [0.15, 0.2) is 0 Å². The van der Waals surface area contributed by atoms with E-state index in [1.54, 1.807) is 12.1 Å². The Balaban J connectivity index is 1.83. The van der Waals surface area contributed by atoms with Crippen molar-refractivity contribution in [2.75, 3.05) is 13.2 Å². The molecule has 0 aliphatic carbocycles. The number of carboxylic acid groups (broad SMARTS) is 1. The van der Waals surface area contributed by atoms with Crippen LogP contribution < -0.4 is 9.47 Å². The van der Waals surface area contributed by atoms with Crippen LogP contribution in [0.3, 0.4) is 0 Å². The first-order valence-electron chi connectivity index (χ1n) is 7.25. The van der Waals surface area contributed by atoms with Crippen molar-refractivity contribution in [3.63, 3.8) is 0 Å². The maximum Gasteiger partial charge on any atom is 0.335 e. The van der Waals surface area contributed by atoms with Crippen LogP contribution in [-0.2, 0) is 0 Å². The largest absolute Gasteiger partial charge is 0.490 e. The molecule has 0 saturated carbocycles. The molecule has 116 valence electrons. The Hall–Kier alpha value is -2.49. The van der Waals surface area contributed by atoms with E-state index < -0.39 is 5.97 Å². The normalized spacial score (nSPS) is 10.5. The van der Waals surface area contributed by atoms with E-state index in [2.05, 4.69) is 19.9 Å². The highest BCUT2D eigenvalue weighted by molar-refractivity contribution is 5.87. The molecule has 0 amide bonds. The summed E-state index contributed by atoms with van der Waals surface area (Å²) in [7, 11) is 0. The van der Waals surface area contributed by atoms with Crippen LogP contribution in [0.1, 0.15) is 35.7 Å². The molecule has 0 fully saturated rings. The number of rotatable bonds is 7. The van der Waals surface area contributed by atoms with Gasteiger partial charge < -0.3 is 14.6 Å². The number of carboxylic acids is 1. The minimum Gasteiger partial charge on any atom is -0.490 e. The molecule has 0 unspecified atom stereocenters. The fourth-order valence-corrected chi connectivity index (χ4v) is 2.00. The molecule has 0 aliphatic heterocycles. The molecule has 0 saturated heterocycles. The summed E-state index contributed by atoms with van der Waals surface area (Å²) in [6.07, 6.45) is 0. The average Bonchev–Trinajstić information content (AvgIpc) is 2.52. The van der Waals surface area contributed by atoms with Gasteiger partial charge in [0, 0.05) is 0 Å². The van der Waals surface area contributed by atoms with E-state index in [1.165, 1.54) is 17.7 Å². The predicted molar refractivity (Wildman–Crippen MR) is 84.9 cm³/mol. The van der Waals surface area contributed by atoms with Crippen molar-refractivity contribution in [3.05, 3.63) is 59.7 Å². The number of ether oxygens (including phenoxy) is 2. The fraction of sp³-hybridized carbons (Fsp3) is 0.278. The van der Waals surface area contributed by atoms with Crippen LogP contribution in [0.5, 0.6) is 11.5 Å². The summed E-state index contributed by atoms with van der Waals surface area (Å²) in [6.45, 7) is 5.03. The summed E-state index contributed by atoms with van der Waals surface area (Å²) in [4.78, 5) is 10.9. The minimum atomic E-state index is -0.966. The third kappa shape index (κ3) is 4.52. The standard InChI is InChI=1S/C18H20O4/c1-13(2)14-5-3-7-16(11-14)21-9-10-22-17-8-4-6-15(12-17)18(19)20/h3-8,11-13H,9-10H2,1-2H3,(H,19,20). The van der Waals surface area contributed by atoms with Gasteiger partial charge in [-0.3, -0.25) is 0 Å². The maximum atomic E-state index is 10.9. The Morgan fingerprint density at radius 1 is 1.00 bits per heavy atom. The molecule has 4 heteroatoms. The molecular formula is C18H20O4. The van der Waals surface area contributed by atoms with E-state index in [0.717, 1.165) is 5.75 Å². The van der Waals surface area contributed by atoms with Gasteiger partial charge in [-0.15, -0.1) is 0 Å². The fourth-order valence-electron chi connectivity index (χ4n) is 2.00. The van der Waals surface area contributed by atoms with Crippen LogP contribution in [0, 0.1) is 0 Å². The first kappa shape index (κ1) is 15.9. The quantitative estimate of drug-likeness (QED) is 0.786. The molecule has 0 atom stereocenters. The van der Waals surface area contributed by atoms with Crippen molar-refractivity contribution < 1.29 is 19.4 Å². The average molecular weight is 300 g/mol. The summed E-state index contributed by atoms with van der Waals surface area (Å²) < 4.78 is 11.2. The van der Waals surface area contributed by atoms with Crippen LogP contribution in [0.25, 0.3) is 0 Å². The molecule has 0 bridgehead atoms. The molecule has 0 aliphatic rings. The topological polar surface area (TPSA) is 55.8 Å². The first-order valence-corrected chi connectivity index (χ1v) is 7.25. The highest BCUT2D eigenvalue weighted by Crippen LogP contribution is 2.20. The van der Waals surface area contributed by atoms with Gasteiger partial charge in [-0.05, 0) is 41.8 Å². The monoisotopic (exact) mass is 300 g/mol. The maximum absolute atomic E-state index is 10.9. The lowest BCUT2D eigenvalue weighted by atomic mass is 10.0. The van der Waals surface area contributed by atoms with Gasteiger partial charge in [-0.25, -0.2) is 4.79 Å². The summed E-state index contributed by atoms with van der Waals surface area (Å²) in [5, 5.41) is 8.92. The molecule has 2 aromatic carbocycles. The van der Waals surface area contributed by atoms with Crippen LogP contribution >= 0.6 is 0 Å². The van der Waals surface area contributed by atoms with Crippen LogP contribution in [0.2, 0.25) is 0 Å². The molecule has 0 aromatic heterocycles. The number of carbonyl (C=O) groups is 1. The highest BCUT2D eigenvalue weighted by Gasteiger charge is 2.04. The summed E-state index contributed by atoms with van der Waals surface area (Å²) >= 11 is 0. The summed E-state index contributed by atoms with van der Waals surface area (Å²) in [5.74, 6) is 0.833. The van der Waals surface area contributed by atoms with E-state index >= 15 is 0 Å². The Kier molecular flexibility index (Phi) is 5.42. The smallest absolute Gasteiger partial charge is 0.335 e. The van der Waals surface area contributed by atoms with Gasteiger partial charge in [-0.2, -0.15) is 0 Å². The number of hydrogen-bond acceptors (Lipinski definition) is 3. The van der Waals surface area contributed by atoms with Gasteiger partial charge in [0.1, 0.15) is 24.7 Å². The molecule has 0 heterocycles. The van der Waals surface area contributed by atoms with Crippen LogP contribution in [0.4, 0.5) is 0 Å². The molecular weight excluding hydrogens is 280 g/mol. The zero-order chi connectivity index (χ0) is 15.9. The van der Waals surface area contributed by atoms with Crippen molar-refractivity contribution in [2.24, 2.45) is 0 Å². The third-order valence-corrected chi connectivity index (χ3v) is 3.23. The summed E-state index contributed by atoms with van der Waals surface area (Å²) in [5.41, 5.74) is 1.44.